The molecule has 0 fully saturated rings. The maximum atomic E-state index is 4.22. The molecule has 0 bridgehead atoms. The molecule has 0 atom stereocenters. The van der Waals surface area contributed by atoms with Crippen LogP contribution >= 0.6 is 0 Å². The highest BCUT2D eigenvalue weighted by atomic mass is 15.3. The topological polar surface area (TPSA) is 67.1 Å². The third-order valence-corrected chi connectivity index (χ3v) is 3.36. The lowest BCUT2D eigenvalue weighted by Crippen LogP contribution is -2.37. The summed E-state index contributed by atoms with van der Waals surface area (Å²) in [6.07, 6.45) is 5.32. The fraction of sp³-hybridized carbons (Fsp3) is 0.438. The van der Waals surface area contributed by atoms with E-state index >= 15 is 0 Å². The lowest BCUT2D eigenvalue weighted by atomic mass is 10.2. The van der Waals surface area contributed by atoms with Crippen LogP contribution in [-0.2, 0) is 6.54 Å². The van der Waals surface area contributed by atoms with Crippen LogP contribution in [0.2, 0.25) is 0 Å². The second-order valence-corrected chi connectivity index (χ2v) is 5.01. The molecule has 0 unspecified atom stereocenters. The molecule has 2 aromatic rings. The van der Waals surface area contributed by atoms with Crippen molar-refractivity contribution in [1.29, 1.82) is 0 Å². The van der Waals surface area contributed by atoms with Gasteiger partial charge in [-0.1, -0.05) is 38.0 Å². The SMILES string of the molecule is CCCCCNC(=NC)NCc1nncn1-c1ccccc1. The third-order valence-electron chi connectivity index (χ3n) is 3.36. The first-order valence-corrected chi connectivity index (χ1v) is 7.74. The largest absolute Gasteiger partial charge is 0.356 e. The Morgan fingerprint density at radius 3 is 2.73 bits per heavy atom. The number of aliphatic imine (C=N–C) groups is 1. The predicted molar refractivity (Wildman–Crippen MR) is 89.1 cm³/mol. The first-order valence-electron chi connectivity index (χ1n) is 7.74. The van der Waals surface area contributed by atoms with Gasteiger partial charge in [0.2, 0.25) is 0 Å². The Hall–Kier alpha value is -2.37. The molecule has 2 rings (SSSR count). The van der Waals surface area contributed by atoms with Crippen molar-refractivity contribution < 1.29 is 0 Å². The molecule has 1 heterocycles. The minimum atomic E-state index is 0.572. The molecule has 0 aliphatic carbocycles. The molecule has 0 radical (unpaired) electrons. The van der Waals surface area contributed by atoms with Crippen LogP contribution in [-0.4, -0.2) is 34.3 Å². The molecule has 6 heteroatoms. The van der Waals surface area contributed by atoms with Crippen molar-refractivity contribution in [3.63, 3.8) is 0 Å². The quantitative estimate of drug-likeness (QED) is 0.467. The van der Waals surface area contributed by atoms with Gasteiger partial charge < -0.3 is 10.6 Å². The van der Waals surface area contributed by atoms with Gasteiger partial charge in [-0.05, 0) is 18.6 Å². The number of aromatic nitrogens is 3. The van der Waals surface area contributed by atoms with E-state index in [1.807, 2.05) is 34.9 Å². The van der Waals surface area contributed by atoms with Crippen LogP contribution in [0, 0.1) is 0 Å². The standard InChI is InChI=1S/C16H24N6/c1-3-4-8-11-18-16(17-2)19-12-15-21-20-13-22(15)14-9-6-5-7-10-14/h5-7,9-10,13H,3-4,8,11-12H2,1-2H3,(H2,17,18,19). The van der Waals surface area contributed by atoms with E-state index in [-0.39, 0.29) is 0 Å². The van der Waals surface area contributed by atoms with E-state index in [0.717, 1.165) is 30.4 Å². The predicted octanol–water partition coefficient (Wildman–Crippen LogP) is 2.12. The van der Waals surface area contributed by atoms with Gasteiger partial charge in [0.1, 0.15) is 6.33 Å². The van der Waals surface area contributed by atoms with Crippen molar-refractivity contribution in [2.24, 2.45) is 4.99 Å². The highest BCUT2D eigenvalue weighted by Gasteiger charge is 2.06. The smallest absolute Gasteiger partial charge is 0.191 e. The lowest BCUT2D eigenvalue weighted by Gasteiger charge is -2.12. The average molecular weight is 300 g/mol. The zero-order chi connectivity index (χ0) is 15.6. The maximum Gasteiger partial charge on any atom is 0.191 e. The van der Waals surface area contributed by atoms with E-state index in [2.05, 4.69) is 32.7 Å². The van der Waals surface area contributed by atoms with Gasteiger partial charge in [0.25, 0.3) is 0 Å². The number of para-hydroxylation sites is 1. The van der Waals surface area contributed by atoms with E-state index in [1.54, 1.807) is 13.4 Å². The van der Waals surface area contributed by atoms with Gasteiger partial charge in [-0.25, -0.2) is 0 Å². The van der Waals surface area contributed by atoms with Crippen LogP contribution < -0.4 is 10.6 Å². The summed E-state index contributed by atoms with van der Waals surface area (Å²) in [5, 5.41) is 14.8. The maximum absolute atomic E-state index is 4.22. The van der Waals surface area contributed by atoms with Gasteiger partial charge >= 0.3 is 0 Å². The molecule has 118 valence electrons. The summed E-state index contributed by atoms with van der Waals surface area (Å²) in [7, 11) is 1.77. The number of benzene rings is 1. The van der Waals surface area contributed by atoms with Gasteiger partial charge in [-0.2, -0.15) is 0 Å². The van der Waals surface area contributed by atoms with E-state index in [0.29, 0.717) is 6.54 Å². The Balaban J connectivity index is 1.90. The molecule has 6 nitrogen and oxygen atoms in total. The zero-order valence-corrected chi connectivity index (χ0v) is 13.3. The summed E-state index contributed by atoms with van der Waals surface area (Å²) >= 11 is 0. The Morgan fingerprint density at radius 1 is 1.18 bits per heavy atom. The summed E-state index contributed by atoms with van der Waals surface area (Å²) in [4.78, 5) is 4.22. The molecule has 0 saturated heterocycles. The number of nitrogens with zero attached hydrogens (tertiary/aromatic N) is 4. The Bertz CT molecular complexity index is 575. The number of unbranched alkanes of at least 4 members (excludes halogenated alkanes) is 2. The fourth-order valence-corrected chi connectivity index (χ4v) is 2.15. The first-order chi connectivity index (χ1) is 10.8. The summed E-state index contributed by atoms with van der Waals surface area (Å²) < 4.78 is 1.97. The van der Waals surface area contributed by atoms with Crippen molar-refractivity contribution in [2.75, 3.05) is 13.6 Å². The summed E-state index contributed by atoms with van der Waals surface area (Å²) in [5.74, 6) is 1.64. The molecule has 22 heavy (non-hydrogen) atoms. The Labute approximate surface area is 131 Å². The number of hydrogen-bond donors (Lipinski definition) is 2. The van der Waals surface area contributed by atoms with Crippen LogP contribution in [0.1, 0.15) is 32.0 Å². The average Bonchev–Trinajstić information content (AvgIpc) is 3.03. The van der Waals surface area contributed by atoms with Crippen molar-refractivity contribution >= 4 is 5.96 Å². The van der Waals surface area contributed by atoms with Gasteiger partial charge in [0.05, 0.1) is 6.54 Å². The minimum absolute atomic E-state index is 0.572. The van der Waals surface area contributed by atoms with Gasteiger partial charge in [0.15, 0.2) is 11.8 Å². The van der Waals surface area contributed by atoms with Crippen molar-refractivity contribution in [3.8, 4) is 5.69 Å². The van der Waals surface area contributed by atoms with Crippen LogP contribution in [0.15, 0.2) is 41.7 Å². The van der Waals surface area contributed by atoms with Crippen molar-refractivity contribution in [2.45, 2.75) is 32.7 Å². The molecule has 0 aliphatic heterocycles. The number of rotatable bonds is 7. The summed E-state index contributed by atoms with van der Waals surface area (Å²) in [6.45, 7) is 3.70. The molecular weight excluding hydrogens is 276 g/mol. The minimum Gasteiger partial charge on any atom is -0.356 e. The van der Waals surface area contributed by atoms with Gasteiger partial charge in [0, 0.05) is 19.3 Å². The zero-order valence-electron chi connectivity index (χ0n) is 13.3. The second-order valence-electron chi connectivity index (χ2n) is 5.01. The summed E-state index contributed by atoms with van der Waals surface area (Å²) in [5.41, 5.74) is 1.05. The normalized spacial score (nSPS) is 11.5. The first kappa shape index (κ1) is 16.0. The molecule has 0 spiro atoms. The third kappa shape index (κ3) is 4.58. The van der Waals surface area contributed by atoms with Crippen LogP contribution in [0.5, 0.6) is 0 Å². The van der Waals surface area contributed by atoms with E-state index in [1.165, 1.54) is 12.8 Å². The highest BCUT2D eigenvalue weighted by Crippen LogP contribution is 2.08. The second kappa shape index (κ2) is 8.81. The molecule has 1 aromatic heterocycles. The highest BCUT2D eigenvalue weighted by molar-refractivity contribution is 5.79. The molecule has 2 N–H and O–H groups in total. The van der Waals surface area contributed by atoms with Crippen LogP contribution in [0.25, 0.3) is 5.69 Å². The molecule has 0 saturated carbocycles. The van der Waals surface area contributed by atoms with Crippen molar-refractivity contribution in [3.05, 3.63) is 42.5 Å². The number of guanidine groups is 1. The Kier molecular flexibility index (Phi) is 6.41. The molecule has 0 amide bonds. The summed E-state index contributed by atoms with van der Waals surface area (Å²) in [6, 6.07) is 10.1. The van der Waals surface area contributed by atoms with E-state index in [9.17, 15) is 0 Å². The van der Waals surface area contributed by atoms with Crippen LogP contribution in [0.4, 0.5) is 0 Å². The Morgan fingerprint density at radius 2 is 2.00 bits per heavy atom. The molecule has 1 aromatic carbocycles. The fourth-order valence-electron chi connectivity index (χ4n) is 2.15. The van der Waals surface area contributed by atoms with Crippen LogP contribution in [0.3, 0.4) is 0 Å². The monoisotopic (exact) mass is 300 g/mol. The molecular formula is C16H24N6. The lowest BCUT2D eigenvalue weighted by molar-refractivity contribution is 0.678. The molecule has 0 aliphatic rings. The van der Waals surface area contributed by atoms with E-state index in [4.69, 9.17) is 0 Å². The van der Waals surface area contributed by atoms with Gasteiger partial charge in [-0.3, -0.25) is 9.56 Å². The van der Waals surface area contributed by atoms with Gasteiger partial charge in [-0.15, -0.1) is 10.2 Å². The number of hydrogen-bond acceptors (Lipinski definition) is 3. The number of nitrogens with one attached hydrogen (secondary N) is 2. The van der Waals surface area contributed by atoms with Crippen molar-refractivity contribution in [1.82, 2.24) is 25.4 Å². The van der Waals surface area contributed by atoms with E-state index < -0.39 is 0 Å².